The fraction of sp³-hybridized carbons (Fsp3) is 0.0769. The molecule has 9 heteroatoms. The predicted octanol–water partition coefficient (Wildman–Crippen LogP) is 2.14. The molecule has 0 spiro atoms. The fourth-order valence-electron chi connectivity index (χ4n) is 1.80. The van der Waals surface area contributed by atoms with Crippen LogP contribution in [0.25, 0.3) is 11.1 Å². The number of primary amides is 1. The summed E-state index contributed by atoms with van der Waals surface area (Å²) in [4.78, 5) is 14.2. The fourth-order valence-corrected chi connectivity index (χ4v) is 2.61. The number of hydrogen-bond donors (Lipinski definition) is 1. The summed E-state index contributed by atoms with van der Waals surface area (Å²) in [5.74, 6) is -0.804. The van der Waals surface area contributed by atoms with Gasteiger partial charge in [-0.2, -0.15) is 13.2 Å². The lowest BCUT2D eigenvalue weighted by atomic mass is 10.0. The maximum atomic E-state index is 12.6. The van der Waals surface area contributed by atoms with Crippen molar-refractivity contribution in [2.24, 2.45) is 5.73 Å². The van der Waals surface area contributed by atoms with Crippen molar-refractivity contribution in [2.45, 2.75) is 10.4 Å². The summed E-state index contributed by atoms with van der Waals surface area (Å²) in [7, 11) is -5.48. The Bertz CT molecular complexity index is 832. The number of benzene rings is 1. The molecule has 2 rings (SSSR count). The Morgan fingerprint density at radius 1 is 1.18 bits per heavy atom. The molecule has 22 heavy (non-hydrogen) atoms. The largest absolute Gasteiger partial charge is 0.501 e. The van der Waals surface area contributed by atoms with Gasteiger partial charge in [0.15, 0.2) is 0 Å². The summed E-state index contributed by atoms with van der Waals surface area (Å²) < 4.78 is 60.6. The summed E-state index contributed by atoms with van der Waals surface area (Å²) in [5, 5.41) is 0. The van der Waals surface area contributed by atoms with Gasteiger partial charge in [-0.1, -0.05) is 12.1 Å². The highest BCUT2D eigenvalue weighted by atomic mass is 32.2. The quantitative estimate of drug-likeness (QED) is 0.933. The Labute approximate surface area is 123 Å². The van der Waals surface area contributed by atoms with Gasteiger partial charge in [0, 0.05) is 23.5 Å². The Morgan fingerprint density at radius 2 is 1.86 bits per heavy atom. The van der Waals surface area contributed by atoms with Crippen LogP contribution in [0.15, 0.2) is 47.6 Å². The molecule has 0 unspecified atom stereocenters. The van der Waals surface area contributed by atoms with E-state index in [1.54, 1.807) is 0 Å². The van der Waals surface area contributed by atoms with Crippen molar-refractivity contribution in [3.05, 3.63) is 48.3 Å². The zero-order valence-electron chi connectivity index (χ0n) is 10.8. The zero-order valence-corrected chi connectivity index (χ0v) is 11.6. The topological polar surface area (TPSA) is 90.1 Å². The molecule has 0 radical (unpaired) electrons. The van der Waals surface area contributed by atoms with Gasteiger partial charge in [0.25, 0.3) is 9.84 Å². The van der Waals surface area contributed by atoms with E-state index < -0.39 is 26.1 Å². The Balaban J connectivity index is 2.63. The number of amides is 1. The van der Waals surface area contributed by atoms with Crippen molar-refractivity contribution < 1.29 is 26.4 Å². The smallest absolute Gasteiger partial charge is 0.366 e. The molecule has 5 nitrogen and oxygen atoms in total. The highest BCUT2D eigenvalue weighted by molar-refractivity contribution is 7.92. The first-order valence-electron chi connectivity index (χ1n) is 5.80. The first-order chi connectivity index (χ1) is 10.1. The van der Waals surface area contributed by atoms with Crippen molar-refractivity contribution in [3.63, 3.8) is 0 Å². The number of nitrogens with two attached hydrogens (primary N) is 1. The first-order valence-corrected chi connectivity index (χ1v) is 7.28. The van der Waals surface area contributed by atoms with Crippen LogP contribution in [0.2, 0.25) is 0 Å². The lowest BCUT2D eigenvalue weighted by molar-refractivity contribution is -0.0436. The molecule has 0 saturated carbocycles. The molecule has 0 aliphatic heterocycles. The first kappa shape index (κ1) is 16.0. The molecule has 1 heterocycles. The van der Waals surface area contributed by atoms with Gasteiger partial charge in [-0.3, -0.25) is 9.78 Å². The van der Waals surface area contributed by atoms with Crippen LogP contribution in [0.3, 0.4) is 0 Å². The average Bonchev–Trinajstić information content (AvgIpc) is 2.46. The third kappa shape index (κ3) is 2.80. The van der Waals surface area contributed by atoms with Crippen molar-refractivity contribution >= 4 is 15.7 Å². The van der Waals surface area contributed by atoms with Gasteiger partial charge in [0.1, 0.15) is 0 Å². The molecule has 1 amide bonds. The molecule has 2 N–H and O–H groups in total. The van der Waals surface area contributed by atoms with Crippen LogP contribution in [0.5, 0.6) is 0 Å². The molecule has 2 aromatic rings. The van der Waals surface area contributed by atoms with Crippen LogP contribution >= 0.6 is 0 Å². The Kier molecular flexibility index (Phi) is 3.92. The van der Waals surface area contributed by atoms with E-state index in [-0.39, 0.29) is 16.7 Å². The third-order valence-corrected chi connectivity index (χ3v) is 4.33. The number of nitrogens with zero attached hydrogens (tertiary/aromatic N) is 1. The van der Waals surface area contributed by atoms with E-state index in [9.17, 15) is 26.4 Å². The van der Waals surface area contributed by atoms with Gasteiger partial charge >= 0.3 is 5.51 Å². The second kappa shape index (κ2) is 5.41. The average molecular weight is 330 g/mol. The molecular formula is C13H9F3N2O3S. The standard InChI is InChI=1S/C13H9F3N2O3S/c14-13(15,16)22(20,21)9-3-1-2-8(6-9)11-7-18-5-4-10(11)12(17)19/h1-7H,(H2,17,19). The molecule has 0 bridgehead atoms. The van der Waals surface area contributed by atoms with E-state index in [2.05, 4.69) is 4.98 Å². The summed E-state index contributed by atoms with van der Waals surface area (Å²) in [6.45, 7) is 0. The second-order valence-corrected chi connectivity index (χ2v) is 6.20. The molecular weight excluding hydrogens is 321 g/mol. The van der Waals surface area contributed by atoms with Crippen LogP contribution in [0, 0.1) is 0 Å². The predicted molar refractivity (Wildman–Crippen MR) is 71.4 cm³/mol. The van der Waals surface area contributed by atoms with E-state index in [0.29, 0.717) is 0 Å². The van der Waals surface area contributed by atoms with Crippen LogP contribution in [0.4, 0.5) is 13.2 Å². The number of hydrogen-bond acceptors (Lipinski definition) is 4. The minimum atomic E-state index is -5.48. The molecule has 0 fully saturated rings. The van der Waals surface area contributed by atoms with E-state index in [1.165, 1.54) is 24.5 Å². The Hall–Kier alpha value is -2.42. The van der Waals surface area contributed by atoms with Crippen molar-refractivity contribution in [1.29, 1.82) is 0 Å². The zero-order chi connectivity index (χ0) is 16.5. The summed E-state index contributed by atoms with van der Waals surface area (Å²) in [5.41, 5.74) is 0.0325. The normalized spacial score (nSPS) is 12.1. The third-order valence-electron chi connectivity index (χ3n) is 2.85. The van der Waals surface area contributed by atoms with Crippen LogP contribution in [-0.2, 0) is 9.84 Å². The number of aromatic nitrogens is 1. The van der Waals surface area contributed by atoms with E-state index >= 15 is 0 Å². The SMILES string of the molecule is NC(=O)c1ccncc1-c1cccc(S(=O)(=O)C(F)(F)F)c1. The number of alkyl halides is 3. The van der Waals surface area contributed by atoms with E-state index in [4.69, 9.17) is 5.73 Å². The second-order valence-electron chi connectivity index (χ2n) is 4.26. The van der Waals surface area contributed by atoms with E-state index in [1.807, 2.05) is 0 Å². The molecule has 0 saturated heterocycles. The van der Waals surface area contributed by atoms with Gasteiger partial charge < -0.3 is 5.73 Å². The monoisotopic (exact) mass is 330 g/mol. The highest BCUT2D eigenvalue weighted by Gasteiger charge is 2.46. The summed E-state index contributed by atoms with van der Waals surface area (Å²) >= 11 is 0. The minimum absolute atomic E-state index is 0.0246. The number of carbonyl (C=O) groups is 1. The van der Waals surface area contributed by atoms with Gasteiger partial charge in [0.05, 0.1) is 4.90 Å². The molecule has 1 aromatic carbocycles. The number of sulfone groups is 1. The van der Waals surface area contributed by atoms with Crippen LogP contribution in [-0.4, -0.2) is 24.8 Å². The summed E-state index contributed by atoms with van der Waals surface area (Å²) in [6, 6.07) is 5.45. The van der Waals surface area contributed by atoms with E-state index in [0.717, 1.165) is 18.2 Å². The Morgan fingerprint density at radius 3 is 2.45 bits per heavy atom. The van der Waals surface area contributed by atoms with Gasteiger partial charge in [0.2, 0.25) is 5.91 Å². The maximum absolute atomic E-state index is 12.6. The van der Waals surface area contributed by atoms with Crippen LogP contribution in [0.1, 0.15) is 10.4 Å². The van der Waals surface area contributed by atoms with Gasteiger partial charge in [-0.25, -0.2) is 8.42 Å². The highest BCUT2D eigenvalue weighted by Crippen LogP contribution is 2.32. The van der Waals surface area contributed by atoms with Crippen LogP contribution < -0.4 is 5.73 Å². The molecule has 116 valence electrons. The number of pyridine rings is 1. The summed E-state index contributed by atoms with van der Waals surface area (Å²) in [6.07, 6.45) is 2.51. The van der Waals surface area contributed by atoms with Crippen molar-refractivity contribution in [2.75, 3.05) is 0 Å². The molecule has 0 aliphatic carbocycles. The minimum Gasteiger partial charge on any atom is -0.366 e. The number of carbonyl (C=O) groups excluding carboxylic acids is 1. The molecule has 0 atom stereocenters. The molecule has 0 aliphatic rings. The van der Waals surface area contributed by atoms with Gasteiger partial charge in [-0.05, 0) is 23.8 Å². The molecule has 1 aromatic heterocycles. The number of halogens is 3. The number of rotatable bonds is 3. The van der Waals surface area contributed by atoms with Crippen molar-refractivity contribution in [1.82, 2.24) is 4.98 Å². The van der Waals surface area contributed by atoms with Gasteiger partial charge in [-0.15, -0.1) is 0 Å². The maximum Gasteiger partial charge on any atom is 0.501 e. The lowest BCUT2D eigenvalue weighted by Crippen LogP contribution is -2.23. The van der Waals surface area contributed by atoms with Crippen molar-refractivity contribution in [3.8, 4) is 11.1 Å². The lowest BCUT2D eigenvalue weighted by Gasteiger charge is -2.10.